The Bertz CT molecular complexity index is 1390. The Balaban J connectivity index is 1.50. The fraction of sp³-hybridized carbons (Fsp3) is 0.107. The fourth-order valence-electron chi connectivity index (χ4n) is 4.19. The Morgan fingerprint density at radius 3 is 2.42 bits per heavy atom. The minimum atomic E-state index is -0.514. The van der Waals surface area contributed by atoms with Gasteiger partial charge in [-0.3, -0.25) is 4.79 Å². The lowest BCUT2D eigenvalue weighted by molar-refractivity contribution is 0.0475. The molecule has 0 fully saturated rings. The summed E-state index contributed by atoms with van der Waals surface area (Å²) in [4.78, 5) is 30.5. The molecule has 0 saturated heterocycles. The number of fused-ring (bicyclic) bond motifs is 2. The van der Waals surface area contributed by atoms with Crippen molar-refractivity contribution in [2.75, 3.05) is 6.61 Å². The number of phenols is 1. The van der Waals surface area contributed by atoms with Crippen molar-refractivity contribution in [2.24, 2.45) is 0 Å². The number of phenolic OH excluding ortho intramolecular Hbond substituents is 1. The molecule has 0 bridgehead atoms. The number of esters is 1. The second kappa shape index (κ2) is 8.71. The van der Waals surface area contributed by atoms with Gasteiger partial charge in [0.2, 0.25) is 0 Å². The molecule has 0 atom stereocenters. The highest BCUT2D eigenvalue weighted by Crippen LogP contribution is 2.38. The second-order valence-electron chi connectivity index (χ2n) is 7.96. The van der Waals surface area contributed by atoms with Crippen LogP contribution < -0.4 is 0 Å². The molecule has 33 heavy (non-hydrogen) atoms. The van der Waals surface area contributed by atoms with Gasteiger partial charge in [-0.15, -0.1) is 0 Å². The molecule has 0 unspecified atom stereocenters. The maximum Gasteiger partial charge on any atom is 0.339 e. The van der Waals surface area contributed by atoms with Gasteiger partial charge in [-0.05, 0) is 53.8 Å². The van der Waals surface area contributed by atoms with Crippen LogP contribution in [0.4, 0.5) is 0 Å². The van der Waals surface area contributed by atoms with Crippen LogP contribution in [-0.4, -0.2) is 28.4 Å². The average Bonchev–Trinajstić information content (AvgIpc) is 3.24. The maximum atomic E-state index is 13.2. The molecule has 4 aromatic rings. The summed E-state index contributed by atoms with van der Waals surface area (Å²) < 4.78 is 5.48. The van der Waals surface area contributed by atoms with Gasteiger partial charge in [0, 0.05) is 10.9 Å². The highest BCUT2D eigenvalue weighted by Gasteiger charge is 2.28. The summed E-state index contributed by atoms with van der Waals surface area (Å²) in [6.07, 6.45) is 3.43. The van der Waals surface area contributed by atoms with E-state index in [1.54, 1.807) is 36.4 Å². The molecule has 1 heterocycles. The minimum Gasteiger partial charge on any atom is -0.508 e. The zero-order valence-electron chi connectivity index (χ0n) is 17.8. The Labute approximate surface area is 191 Å². The highest BCUT2D eigenvalue weighted by molar-refractivity contribution is 6.08. The van der Waals surface area contributed by atoms with Crippen molar-refractivity contribution < 1.29 is 19.4 Å². The molecule has 1 aromatic heterocycles. The topological polar surface area (TPSA) is 76.5 Å². The maximum absolute atomic E-state index is 13.2. The van der Waals surface area contributed by atoms with Crippen molar-refractivity contribution >= 4 is 34.3 Å². The Hall–Kier alpha value is -4.25. The van der Waals surface area contributed by atoms with Crippen LogP contribution >= 0.6 is 0 Å². The summed E-state index contributed by atoms with van der Waals surface area (Å²) in [5, 5.41) is 10.3. The summed E-state index contributed by atoms with van der Waals surface area (Å²) >= 11 is 0. The molecular weight excluding hydrogens is 414 g/mol. The third kappa shape index (κ3) is 4.13. The van der Waals surface area contributed by atoms with E-state index in [1.807, 2.05) is 48.5 Å². The van der Waals surface area contributed by atoms with Crippen molar-refractivity contribution in [1.82, 2.24) is 4.98 Å². The van der Waals surface area contributed by atoms with E-state index in [9.17, 15) is 14.7 Å². The normalized spacial score (nSPS) is 13.8. The quantitative estimate of drug-likeness (QED) is 0.332. The Kier molecular flexibility index (Phi) is 5.45. The van der Waals surface area contributed by atoms with E-state index in [2.05, 4.69) is 0 Å². The van der Waals surface area contributed by atoms with Crippen molar-refractivity contribution in [3.05, 3.63) is 107 Å². The van der Waals surface area contributed by atoms with Crippen LogP contribution in [0.1, 0.15) is 44.0 Å². The van der Waals surface area contributed by atoms with Gasteiger partial charge in [-0.2, -0.15) is 0 Å². The van der Waals surface area contributed by atoms with E-state index in [0.29, 0.717) is 23.1 Å². The molecule has 0 radical (unpaired) electrons. The highest BCUT2D eigenvalue weighted by atomic mass is 16.5. The molecule has 1 N–H and O–H groups in total. The van der Waals surface area contributed by atoms with E-state index >= 15 is 0 Å². The van der Waals surface area contributed by atoms with E-state index < -0.39 is 5.97 Å². The fourth-order valence-corrected chi connectivity index (χ4v) is 4.19. The number of aromatic nitrogens is 1. The number of carbonyl (C=O) groups is 2. The first-order valence-electron chi connectivity index (χ1n) is 10.8. The van der Waals surface area contributed by atoms with Gasteiger partial charge in [0.15, 0.2) is 12.4 Å². The SMILES string of the molecule is O=C(COC(=O)c1c2c(nc3ccccc13)/C(=C/c1ccc(O)cc1)CC2)c1ccccc1. The summed E-state index contributed by atoms with van der Waals surface area (Å²) in [6, 6.07) is 23.2. The number of pyridine rings is 1. The molecule has 0 aliphatic heterocycles. The first-order valence-corrected chi connectivity index (χ1v) is 10.8. The van der Waals surface area contributed by atoms with Crippen LogP contribution in [0.15, 0.2) is 78.9 Å². The molecule has 0 spiro atoms. The molecule has 0 saturated carbocycles. The number of allylic oxidation sites excluding steroid dienone is 1. The third-order valence-corrected chi connectivity index (χ3v) is 5.81. The van der Waals surface area contributed by atoms with E-state index in [0.717, 1.165) is 34.2 Å². The summed E-state index contributed by atoms with van der Waals surface area (Å²) in [5.74, 6) is -0.546. The largest absolute Gasteiger partial charge is 0.508 e. The van der Waals surface area contributed by atoms with E-state index in [4.69, 9.17) is 9.72 Å². The van der Waals surface area contributed by atoms with Gasteiger partial charge >= 0.3 is 5.97 Å². The number of benzene rings is 3. The van der Waals surface area contributed by atoms with Crippen molar-refractivity contribution in [3.8, 4) is 5.75 Å². The van der Waals surface area contributed by atoms with Gasteiger partial charge in [0.05, 0.1) is 16.8 Å². The van der Waals surface area contributed by atoms with Gasteiger partial charge in [0.25, 0.3) is 0 Å². The number of aromatic hydroxyl groups is 1. The van der Waals surface area contributed by atoms with Crippen molar-refractivity contribution in [1.29, 1.82) is 0 Å². The average molecular weight is 435 g/mol. The van der Waals surface area contributed by atoms with Gasteiger partial charge < -0.3 is 9.84 Å². The number of hydrogen-bond acceptors (Lipinski definition) is 5. The molecule has 5 heteroatoms. The van der Waals surface area contributed by atoms with Crippen LogP contribution in [0.5, 0.6) is 5.75 Å². The smallest absolute Gasteiger partial charge is 0.339 e. The number of ether oxygens (including phenoxy) is 1. The number of ketones is 1. The molecule has 3 aromatic carbocycles. The van der Waals surface area contributed by atoms with Crippen molar-refractivity contribution in [2.45, 2.75) is 12.8 Å². The van der Waals surface area contributed by atoms with Crippen LogP contribution in [0.2, 0.25) is 0 Å². The Morgan fingerprint density at radius 2 is 1.64 bits per heavy atom. The first-order chi connectivity index (χ1) is 16.1. The number of rotatable bonds is 5. The van der Waals surface area contributed by atoms with E-state index in [-0.39, 0.29) is 18.1 Å². The Morgan fingerprint density at radius 1 is 0.909 bits per heavy atom. The van der Waals surface area contributed by atoms with Crippen LogP contribution in [-0.2, 0) is 11.2 Å². The zero-order valence-corrected chi connectivity index (χ0v) is 17.8. The van der Waals surface area contributed by atoms with Gasteiger partial charge in [-0.1, -0.05) is 60.7 Å². The number of para-hydroxylation sites is 1. The molecule has 0 amide bonds. The van der Waals surface area contributed by atoms with Crippen LogP contribution in [0, 0.1) is 0 Å². The molecular formula is C28H21NO4. The van der Waals surface area contributed by atoms with Gasteiger partial charge in [0.1, 0.15) is 5.75 Å². The van der Waals surface area contributed by atoms with Gasteiger partial charge in [-0.25, -0.2) is 9.78 Å². The summed E-state index contributed by atoms with van der Waals surface area (Å²) in [6.45, 7) is -0.315. The molecule has 1 aliphatic carbocycles. The second-order valence-corrected chi connectivity index (χ2v) is 7.96. The molecule has 5 rings (SSSR count). The monoisotopic (exact) mass is 435 g/mol. The number of carbonyl (C=O) groups excluding carboxylic acids is 2. The van der Waals surface area contributed by atoms with E-state index in [1.165, 1.54) is 0 Å². The third-order valence-electron chi connectivity index (χ3n) is 5.81. The predicted octanol–water partition coefficient (Wildman–Crippen LogP) is 5.47. The molecule has 162 valence electrons. The summed E-state index contributed by atoms with van der Waals surface area (Å²) in [5.41, 5.74) is 5.29. The zero-order chi connectivity index (χ0) is 22.8. The number of Topliss-reactive ketones (excluding diaryl/α,β-unsaturated/α-hetero) is 1. The lowest BCUT2D eigenvalue weighted by Crippen LogP contribution is -2.16. The standard InChI is InChI=1S/C28H21NO4/c30-21-13-10-18(11-14-21)16-20-12-15-23-26(22-8-4-5-9-24(22)29-27(20)23)28(32)33-17-25(31)19-6-2-1-3-7-19/h1-11,13-14,16,30H,12,15,17H2/b20-16+. The number of hydrogen-bond donors (Lipinski definition) is 1. The van der Waals surface area contributed by atoms with Crippen LogP contribution in [0.25, 0.3) is 22.6 Å². The van der Waals surface area contributed by atoms with Crippen molar-refractivity contribution in [3.63, 3.8) is 0 Å². The molecule has 1 aliphatic rings. The lowest BCUT2D eigenvalue weighted by atomic mass is 10.0. The van der Waals surface area contributed by atoms with Crippen LogP contribution in [0.3, 0.4) is 0 Å². The lowest BCUT2D eigenvalue weighted by Gasteiger charge is -2.12. The predicted molar refractivity (Wildman–Crippen MR) is 127 cm³/mol. The number of nitrogens with zero attached hydrogens (tertiary/aromatic N) is 1. The minimum absolute atomic E-state index is 0.211. The summed E-state index contributed by atoms with van der Waals surface area (Å²) in [7, 11) is 0. The first kappa shape index (κ1) is 20.6. The molecule has 5 nitrogen and oxygen atoms in total.